The van der Waals surface area contributed by atoms with Gasteiger partial charge in [0, 0.05) is 24.2 Å². The van der Waals surface area contributed by atoms with Gasteiger partial charge in [0.1, 0.15) is 17.2 Å². The second-order valence-electron chi connectivity index (χ2n) is 4.86. The normalized spacial score (nSPS) is 26.4. The highest BCUT2D eigenvalue weighted by atomic mass is 16.4. The van der Waals surface area contributed by atoms with E-state index in [0.29, 0.717) is 18.5 Å². The van der Waals surface area contributed by atoms with Crippen LogP contribution in [0.4, 0.5) is 0 Å². The van der Waals surface area contributed by atoms with E-state index in [-0.39, 0.29) is 24.1 Å². The minimum Gasteiger partial charge on any atom is -0.508 e. The largest absolute Gasteiger partial charge is 0.508 e. The first-order valence-corrected chi connectivity index (χ1v) is 6.10. The Balaban J connectivity index is 2.28. The van der Waals surface area contributed by atoms with Gasteiger partial charge in [0.2, 0.25) is 0 Å². The summed E-state index contributed by atoms with van der Waals surface area (Å²) in [6, 6.07) is 4.18. The number of nitrogens with zero attached hydrogens (tertiary/aromatic N) is 1. The van der Waals surface area contributed by atoms with Gasteiger partial charge in [-0.1, -0.05) is 6.07 Å². The topological polar surface area (TPSA) is 84.2 Å². The number of aliphatic hydroxyl groups is 2. The maximum absolute atomic E-state index is 10.3. The number of hydrogen-bond acceptors (Lipinski definition) is 5. The van der Waals surface area contributed by atoms with Gasteiger partial charge in [0.05, 0.1) is 6.61 Å². The van der Waals surface area contributed by atoms with Gasteiger partial charge in [-0.05, 0) is 25.8 Å². The molecule has 1 fully saturated rings. The van der Waals surface area contributed by atoms with Crippen molar-refractivity contribution in [2.75, 3.05) is 13.2 Å². The zero-order valence-electron chi connectivity index (χ0n) is 10.4. The zero-order chi connectivity index (χ0) is 13.3. The summed E-state index contributed by atoms with van der Waals surface area (Å²) in [5.41, 5.74) is -0.592. The molecule has 0 aliphatic carbocycles. The summed E-state index contributed by atoms with van der Waals surface area (Å²) < 4.78 is 0. The number of phenolic OH excluding ortho intramolecular Hbond substituents is 2. The van der Waals surface area contributed by atoms with Crippen LogP contribution in [0.15, 0.2) is 18.2 Å². The van der Waals surface area contributed by atoms with E-state index < -0.39 is 5.72 Å². The van der Waals surface area contributed by atoms with Gasteiger partial charge < -0.3 is 20.4 Å². The van der Waals surface area contributed by atoms with Crippen LogP contribution in [0.1, 0.15) is 31.4 Å². The summed E-state index contributed by atoms with van der Waals surface area (Å²) in [4.78, 5) is 1.78. The lowest BCUT2D eigenvalue weighted by Crippen LogP contribution is -2.47. The average molecular weight is 253 g/mol. The third-order valence-electron chi connectivity index (χ3n) is 3.70. The van der Waals surface area contributed by atoms with Crippen LogP contribution in [-0.4, -0.2) is 44.2 Å². The maximum atomic E-state index is 10.3. The number of aromatic hydroxyl groups is 2. The smallest absolute Gasteiger partial charge is 0.142 e. The van der Waals surface area contributed by atoms with Gasteiger partial charge in [0.25, 0.3) is 0 Å². The summed E-state index contributed by atoms with van der Waals surface area (Å²) in [5, 5.41) is 38.7. The summed E-state index contributed by atoms with van der Waals surface area (Å²) in [6.07, 6.45) is 1.33. The Hall–Kier alpha value is -1.30. The lowest BCUT2D eigenvalue weighted by atomic mass is 10.0. The maximum Gasteiger partial charge on any atom is 0.142 e. The molecule has 2 rings (SSSR count). The Morgan fingerprint density at radius 3 is 2.72 bits per heavy atom. The lowest BCUT2D eigenvalue weighted by molar-refractivity contribution is -0.130. The van der Waals surface area contributed by atoms with E-state index in [2.05, 4.69) is 0 Å². The number of hydrogen-bond donors (Lipinski definition) is 4. The molecule has 1 heterocycles. The Morgan fingerprint density at radius 1 is 1.39 bits per heavy atom. The van der Waals surface area contributed by atoms with Crippen molar-refractivity contribution in [3.63, 3.8) is 0 Å². The van der Waals surface area contributed by atoms with Crippen LogP contribution < -0.4 is 0 Å². The van der Waals surface area contributed by atoms with Crippen molar-refractivity contribution in [2.45, 2.75) is 31.5 Å². The highest BCUT2D eigenvalue weighted by Gasteiger charge is 2.41. The molecule has 0 radical (unpaired) electrons. The highest BCUT2D eigenvalue weighted by Crippen LogP contribution is 2.38. The predicted octanol–water partition coefficient (Wildman–Crippen LogP) is 0.935. The summed E-state index contributed by atoms with van der Waals surface area (Å²) in [5.74, 6) is -0.00279. The fourth-order valence-corrected chi connectivity index (χ4v) is 2.66. The van der Waals surface area contributed by atoms with Gasteiger partial charge in [0.15, 0.2) is 0 Å². The first-order chi connectivity index (χ1) is 8.48. The van der Waals surface area contributed by atoms with Crippen LogP contribution in [0.3, 0.4) is 0 Å². The SMILES string of the molecule is CC(c1ccc(O)cc1O)N1CCCC1(O)CO. The molecule has 1 saturated heterocycles. The molecule has 0 saturated carbocycles. The molecule has 1 aliphatic rings. The molecule has 0 amide bonds. The molecule has 2 unspecified atom stereocenters. The van der Waals surface area contributed by atoms with Crippen LogP contribution in [0.25, 0.3) is 0 Å². The Kier molecular flexibility index (Phi) is 3.47. The first-order valence-electron chi connectivity index (χ1n) is 6.10. The Labute approximate surface area is 106 Å². The second kappa shape index (κ2) is 4.76. The van der Waals surface area contributed by atoms with Crippen LogP contribution >= 0.6 is 0 Å². The van der Waals surface area contributed by atoms with E-state index in [0.717, 1.165) is 6.42 Å². The van der Waals surface area contributed by atoms with Crippen molar-refractivity contribution in [3.8, 4) is 11.5 Å². The van der Waals surface area contributed by atoms with Gasteiger partial charge in [-0.25, -0.2) is 0 Å². The Morgan fingerprint density at radius 2 is 2.11 bits per heavy atom. The van der Waals surface area contributed by atoms with Crippen molar-refractivity contribution < 1.29 is 20.4 Å². The monoisotopic (exact) mass is 253 g/mol. The molecule has 5 heteroatoms. The zero-order valence-corrected chi connectivity index (χ0v) is 10.4. The minimum atomic E-state index is -1.22. The van der Waals surface area contributed by atoms with Crippen LogP contribution in [-0.2, 0) is 0 Å². The molecule has 0 spiro atoms. The van der Waals surface area contributed by atoms with Crippen LogP contribution in [0.5, 0.6) is 11.5 Å². The van der Waals surface area contributed by atoms with E-state index >= 15 is 0 Å². The number of phenols is 2. The lowest BCUT2D eigenvalue weighted by Gasteiger charge is -2.36. The fraction of sp³-hybridized carbons (Fsp3) is 0.538. The molecular formula is C13H19NO4. The molecule has 100 valence electrons. The number of aliphatic hydroxyl groups excluding tert-OH is 1. The van der Waals surface area contributed by atoms with E-state index in [4.69, 9.17) is 0 Å². The van der Waals surface area contributed by atoms with Crippen molar-refractivity contribution >= 4 is 0 Å². The van der Waals surface area contributed by atoms with Crippen molar-refractivity contribution in [1.29, 1.82) is 0 Å². The molecule has 0 bridgehead atoms. The van der Waals surface area contributed by atoms with Gasteiger partial charge >= 0.3 is 0 Å². The standard InChI is InChI=1S/C13H19NO4/c1-9(11-4-3-10(16)7-12(11)17)14-6-2-5-13(14,18)8-15/h3-4,7,9,15-18H,2,5-6,8H2,1H3. The molecule has 2 atom stereocenters. The first kappa shape index (κ1) is 13.1. The average Bonchev–Trinajstić information content (AvgIpc) is 2.71. The quantitative estimate of drug-likeness (QED) is 0.644. The number of rotatable bonds is 3. The predicted molar refractivity (Wildman–Crippen MR) is 66.2 cm³/mol. The molecular weight excluding hydrogens is 234 g/mol. The highest BCUT2D eigenvalue weighted by molar-refractivity contribution is 5.40. The third kappa shape index (κ3) is 2.16. The summed E-state index contributed by atoms with van der Waals surface area (Å²) >= 11 is 0. The molecule has 1 aliphatic heterocycles. The third-order valence-corrected chi connectivity index (χ3v) is 3.70. The molecule has 0 aromatic heterocycles. The molecule has 5 nitrogen and oxygen atoms in total. The van der Waals surface area contributed by atoms with Crippen molar-refractivity contribution in [2.24, 2.45) is 0 Å². The van der Waals surface area contributed by atoms with E-state index in [1.807, 2.05) is 6.92 Å². The van der Waals surface area contributed by atoms with E-state index in [1.54, 1.807) is 11.0 Å². The van der Waals surface area contributed by atoms with Gasteiger partial charge in [-0.3, -0.25) is 4.90 Å². The second-order valence-corrected chi connectivity index (χ2v) is 4.86. The van der Waals surface area contributed by atoms with E-state index in [1.165, 1.54) is 12.1 Å². The summed E-state index contributed by atoms with van der Waals surface area (Å²) in [6.45, 7) is 2.20. The minimum absolute atomic E-state index is 0.00212. The van der Waals surface area contributed by atoms with Crippen LogP contribution in [0.2, 0.25) is 0 Å². The summed E-state index contributed by atoms with van der Waals surface area (Å²) in [7, 11) is 0. The van der Waals surface area contributed by atoms with Gasteiger partial charge in [-0.2, -0.15) is 0 Å². The van der Waals surface area contributed by atoms with Crippen molar-refractivity contribution in [3.05, 3.63) is 23.8 Å². The molecule has 4 N–H and O–H groups in total. The molecule has 18 heavy (non-hydrogen) atoms. The fourth-order valence-electron chi connectivity index (χ4n) is 2.66. The van der Waals surface area contributed by atoms with Gasteiger partial charge in [-0.15, -0.1) is 0 Å². The van der Waals surface area contributed by atoms with Crippen molar-refractivity contribution in [1.82, 2.24) is 4.90 Å². The number of likely N-dealkylation sites (tertiary alicyclic amines) is 1. The Bertz CT molecular complexity index is 437. The molecule has 1 aromatic rings. The van der Waals surface area contributed by atoms with Crippen LogP contribution in [0, 0.1) is 0 Å². The molecule has 1 aromatic carbocycles. The van der Waals surface area contributed by atoms with E-state index in [9.17, 15) is 20.4 Å². The number of benzene rings is 1.